The third kappa shape index (κ3) is 11.4. The Hall–Kier alpha value is -4.97. The number of allylic oxidation sites excluding steroid dienone is 1. The van der Waals surface area contributed by atoms with Crippen molar-refractivity contribution < 1.29 is 4.35 Å². The van der Waals surface area contributed by atoms with Crippen LogP contribution in [0.3, 0.4) is 0 Å². The van der Waals surface area contributed by atoms with Crippen LogP contribution in [0.15, 0.2) is 144 Å². The molecule has 0 fully saturated rings. The van der Waals surface area contributed by atoms with Crippen LogP contribution in [-0.4, -0.2) is 23.0 Å². The van der Waals surface area contributed by atoms with Crippen LogP contribution in [-0.2, 0) is 5.41 Å². The smallest absolute Gasteiger partial charge is 0.262 e. The number of nitrogens with zero attached hydrogens (tertiary/aromatic N) is 4. The van der Waals surface area contributed by atoms with E-state index in [0.717, 1.165) is 28.1 Å². The summed E-state index contributed by atoms with van der Waals surface area (Å²) in [7, 11) is 0. The minimum Gasteiger partial charge on any atom is -0.262 e. The minimum atomic E-state index is -0.922. The third-order valence-corrected chi connectivity index (χ3v) is 18.6. The van der Waals surface area contributed by atoms with Gasteiger partial charge >= 0.3 is 5.87 Å². The van der Waals surface area contributed by atoms with Crippen molar-refractivity contribution in [3.05, 3.63) is 195 Å². The van der Waals surface area contributed by atoms with Crippen LogP contribution in [0.1, 0.15) is 219 Å². The Labute approximate surface area is 449 Å². The number of halogens is 1. The molecule has 0 saturated heterocycles. The quantitative estimate of drug-likeness (QED) is 0.0509. The molecule has 1 aliphatic rings. The molecule has 72 heavy (non-hydrogen) atoms. The number of benzene rings is 6. The third-order valence-electron chi connectivity index (χ3n) is 14.4. The van der Waals surface area contributed by atoms with Crippen molar-refractivity contribution in [2.75, 3.05) is 4.67 Å². The van der Waals surface area contributed by atoms with E-state index in [0.29, 0.717) is 47.3 Å². The first-order chi connectivity index (χ1) is 34.3. The highest BCUT2D eigenvalue weighted by Crippen LogP contribution is 2.61. The minimum absolute atomic E-state index is 0.303. The molecule has 0 radical (unpaired) electrons. The highest BCUT2D eigenvalue weighted by Gasteiger charge is 2.40. The molecule has 0 amide bonds. The lowest BCUT2D eigenvalue weighted by Crippen LogP contribution is -2.32. The van der Waals surface area contributed by atoms with Crippen LogP contribution < -0.4 is 4.67 Å². The SMILES string of the molecule is CC(C)c1cccc(C(C)C)c1N=CC(C=Nc1c(C(C)C)cccc1C(C)C)(c1ccccc1)c1ccc(C2=CN(c3c(C(C)C)cccc3C(C)C)P(I)[N+](c3c(C(C)C)cccc3C(C)C)=C2)cc1. The normalized spacial score (nSPS) is 15.5. The summed E-state index contributed by atoms with van der Waals surface area (Å²) in [5.74, 6) is 1.70. The molecule has 0 aromatic heterocycles. The summed E-state index contributed by atoms with van der Waals surface area (Å²) in [4.78, 5) is 11.3. The second-order valence-electron chi connectivity index (χ2n) is 22.3. The number of hydrogen-bond acceptors (Lipinski definition) is 3. The van der Waals surface area contributed by atoms with Crippen LogP contribution >= 0.6 is 27.9 Å². The van der Waals surface area contributed by atoms with Crippen molar-refractivity contribution in [2.45, 2.75) is 164 Å². The van der Waals surface area contributed by atoms with Gasteiger partial charge in [-0.15, -0.1) is 0 Å². The van der Waals surface area contributed by atoms with E-state index in [2.05, 4.69) is 294 Å². The van der Waals surface area contributed by atoms with Crippen molar-refractivity contribution in [3.63, 3.8) is 0 Å². The van der Waals surface area contributed by atoms with Gasteiger partial charge < -0.3 is 0 Å². The molecule has 0 spiro atoms. The average molecular weight is 1090 g/mol. The summed E-state index contributed by atoms with van der Waals surface area (Å²) in [5, 5.41) is 0. The zero-order valence-electron chi connectivity index (χ0n) is 46.2. The molecule has 1 atom stereocenters. The molecule has 0 N–H and O–H groups in total. The molecule has 6 heteroatoms. The topological polar surface area (TPSA) is 31.0 Å². The maximum atomic E-state index is 5.65. The summed E-state index contributed by atoms with van der Waals surface area (Å²) in [6, 6.07) is 47.5. The molecule has 0 aliphatic carbocycles. The van der Waals surface area contributed by atoms with Crippen LogP contribution in [0, 0.1) is 0 Å². The molecule has 6 aromatic carbocycles. The monoisotopic (exact) mass is 1090 g/mol. The Morgan fingerprint density at radius 2 is 0.778 bits per heavy atom. The molecule has 4 nitrogen and oxygen atoms in total. The van der Waals surface area contributed by atoms with E-state index >= 15 is 0 Å². The van der Waals surface area contributed by atoms with Gasteiger partial charge in [0.05, 0.1) is 50.1 Å². The molecular formula is C66H81IN4P+. The maximum absolute atomic E-state index is 5.65. The van der Waals surface area contributed by atoms with Crippen molar-refractivity contribution in [1.82, 2.24) is 0 Å². The summed E-state index contributed by atoms with van der Waals surface area (Å²) in [5.41, 5.74) is 19.0. The van der Waals surface area contributed by atoms with Crippen LogP contribution in [0.4, 0.5) is 22.7 Å². The second-order valence-corrected chi connectivity index (χ2v) is 26.3. The number of para-hydroxylation sites is 4. The molecule has 376 valence electrons. The molecule has 7 rings (SSSR count). The first-order valence-electron chi connectivity index (χ1n) is 26.7. The van der Waals surface area contributed by atoms with Crippen LogP contribution in [0.2, 0.25) is 0 Å². The summed E-state index contributed by atoms with van der Waals surface area (Å²) < 4.78 is 5.27. The number of rotatable bonds is 17. The first kappa shape index (κ1) is 54.8. The van der Waals surface area contributed by atoms with Gasteiger partial charge in [-0.05, 0) is 97.4 Å². The van der Waals surface area contributed by atoms with Gasteiger partial charge in [-0.1, -0.05) is 238 Å². The molecule has 6 aromatic rings. The van der Waals surface area contributed by atoms with E-state index in [1.54, 1.807) is 0 Å². The lowest BCUT2D eigenvalue weighted by Gasteiger charge is -2.33. The van der Waals surface area contributed by atoms with Crippen LogP contribution in [0.5, 0.6) is 0 Å². The van der Waals surface area contributed by atoms with E-state index < -0.39 is 11.3 Å². The fraction of sp³-hybridized carbons (Fsp3) is 0.379. The van der Waals surface area contributed by atoms with Crippen molar-refractivity contribution >= 4 is 74.9 Å². The van der Waals surface area contributed by atoms with Crippen molar-refractivity contribution in [3.8, 4) is 0 Å². The lowest BCUT2D eigenvalue weighted by atomic mass is 9.75. The van der Waals surface area contributed by atoms with E-state index in [1.165, 1.54) is 61.5 Å². The zero-order valence-corrected chi connectivity index (χ0v) is 49.2. The molecule has 0 saturated carbocycles. The van der Waals surface area contributed by atoms with Gasteiger partial charge in [0.25, 0.3) is 0 Å². The predicted octanol–water partition coefficient (Wildman–Crippen LogP) is 20.7. The first-order valence-corrected chi connectivity index (χ1v) is 30.7. The van der Waals surface area contributed by atoms with Crippen molar-refractivity contribution in [1.29, 1.82) is 0 Å². The molecule has 1 heterocycles. The standard InChI is InChI=1S/C66H81IN4P/c1-42(2)54-26-20-27-55(43(3)4)62(54)68-40-66(52-24-18-17-19-25-52,41-69-63-56(44(5)6)28-21-29-57(63)45(7)8)53-36-34-50(35-37-53)51-38-70(64-58(46(9)10)30-22-31-59(64)47(11)12)72(67)71(39-51)65-60(48(13)14)32-23-33-61(65)49(15)16/h17-49H,1-16H3/q+1. The molecule has 0 bridgehead atoms. The fourth-order valence-electron chi connectivity index (χ4n) is 10.3. The van der Waals surface area contributed by atoms with E-state index in [9.17, 15) is 0 Å². The summed E-state index contributed by atoms with van der Waals surface area (Å²) >= 11 is 2.76. The Morgan fingerprint density at radius 1 is 0.431 bits per heavy atom. The summed E-state index contributed by atoms with van der Waals surface area (Å²) in [6.45, 7) is 36.9. The molecular weight excluding hydrogens is 1010 g/mol. The average Bonchev–Trinajstić information content (AvgIpc) is 3.36. The Morgan fingerprint density at radius 3 is 1.15 bits per heavy atom. The van der Waals surface area contributed by atoms with Gasteiger partial charge in [0, 0.05) is 29.8 Å². The molecule has 1 aliphatic heterocycles. The van der Waals surface area contributed by atoms with Gasteiger partial charge in [-0.3, -0.25) is 14.7 Å². The van der Waals surface area contributed by atoms with Gasteiger partial charge in [-0.2, -0.15) is 4.35 Å². The number of aliphatic imine (C=N–C) groups is 2. The highest BCUT2D eigenvalue weighted by molar-refractivity contribution is 14.2. The lowest BCUT2D eigenvalue weighted by molar-refractivity contribution is -0.247. The largest absolute Gasteiger partial charge is 0.367 e. The van der Waals surface area contributed by atoms with Gasteiger partial charge in [-0.25, -0.2) is 0 Å². The second kappa shape index (κ2) is 23.5. The van der Waals surface area contributed by atoms with E-state index in [1.807, 2.05) is 0 Å². The highest BCUT2D eigenvalue weighted by atomic mass is 127. The maximum Gasteiger partial charge on any atom is 0.367 e. The Bertz CT molecular complexity index is 2770. The van der Waals surface area contributed by atoms with Gasteiger partial charge in [0.15, 0.2) is 6.21 Å². The summed E-state index contributed by atoms with van der Waals surface area (Å²) in [6.07, 6.45) is 9.30. The van der Waals surface area contributed by atoms with Gasteiger partial charge in [0.1, 0.15) is 0 Å². The van der Waals surface area contributed by atoms with Crippen molar-refractivity contribution in [2.24, 2.45) is 9.98 Å². The van der Waals surface area contributed by atoms with E-state index in [4.69, 9.17) is 9.98 Å². The molecule has 1 unspecified atom stereocenters. The van der Waals surface area contributed by atoms with Gasteiger partial charge in [0.2, 0.25) is 5.69 Å². The Balaban J connectivity index is 1.53. The fourth-order valence-corrected chi connectivity index (χ4v) is 13.8. The number of hydrogen-bond donors (Lipinski definition) is 0. The van der Waals surface area contributed by atoms with E-state index in [-0.39, 0.29) is 0 Å². The van der Waals surface area contributed by atoms with Crippen LogP contribution in [0.25, 0.3) is 5.57 Å². The Kier molecular flexibility index (Phi) is 17.9. The number of anilines is 1. The predicted molar refractivity (Wildman–Crippen MR) is 326 cm³/mol. The zero-order chi connectivity index (χ0) is 52.2.